The molecule has 16 heavy (non-hydrogen) atoms. The highest BCUT2D eigenvalue weighted by molar-refractivity contribution is 5.19. The van der Waals surface area contributed by atoms with Crippen LogP contribution >= 0.6 is 0 Å². The van der Waals surface area contributed by atoms with E-state index in [0.29, 0.717) is 6.04 Å². The van der Waals surface area contributed by atoms with Crippen molar-refractivity contribution in [3.05, 3.63) is 35.4 Å². The Hall–Kier alpha value is -1.00. The summed E-state index contributed by atoms with van der Waals surface area (Å²) in [6.07, 6.45) is 0.751. The van der Waals surface area contributed by atoms with Crippen LogP contribution in [0.3, 0.4) is 0 Å². The summed E-state index contributed by atoms with van der Waals surface area (Å²) < 4.78 is 25.8. The Labute approximate surface area is 94.3 Å². The van der Waals surface area contributed by atoms with Crippen LogP contribution in [0.2, 0.25) is 0 Å². The second kappa shape index (κ2) is 4.89. The average Bonchev–Trinajstić information content (AvgIpc) is 2.27. The molecule has 1 N–H and O–H groups in total. The Balaban J connectivity index is 2.05. The summed E-state index contributed by atoms with van der Waals surface area (Å²) in [4.78, 5) is 2.25. The first-order valence-corrected chi connectivity index (χ1v) is 5.51. The number of hydrogen-bond acceptors (Lipinski definition) is 2. The fraction of sp³-hybridized carbons (Fsp3) is 0.500. The van der Waals surface area contributed by atoms with Crippen LogP contribution in [0, 0.1) is 11.6 Å². The molecule has 0 amide bonds. The molecule has 1 unspecified atom stereocenters. The van der Waals surface area contributed by atoms with Crippen molar-refractivity contribution in [2.75, 3.05) is 26.7 Å². The van der Waals surface area contributed by atoms with Gasteiger partial charge in [-0.15, -0.1) is 0 Å². The molecule has 1 saturated heterocycles. The Morgan fingerprint density at radius 1 is 1.38 bits per heavy atom. The molecule has 88 valence electrons. The van der Waals surface area contributed by atoms with Gasteiger partial charge in [0.25, 0.3) is 0 Å². The van der Waals surface area contributed by atoms with E-state index in [4.69, 9.17) is 0 Å². The molecule has 0 bridgehead atoms. The monoisotopic (exact) mass is 226 g/mol. The second-order valence-corrected chi connectivity index (χ2v) is 4.29. The minimum absolute atomic E-state index is 0.360. The van der Waals surface area contributed by atoms with Crippen molar-refractivity contribution in [2.45, 2.75) is 12.5 Å². The van der Waals surface area contributed by atoms with Crippen molar-refractivity contribution in [3.63, 3.8) is 0 Å². The zero-order valence-electron chi connectivity index (χ0n) is 9.34. The minimum Gasteiger partial charge on any atom is -0.314 e. The highest BCUT2D eigenvalue weighted by atomic mass is 19.2. The molecule has 2 rings (SSSR count). The summed E-state index contributed by atoms with van der Waals surface area (Å²) >= 11 is 0. The topological polar surface area (TPSA) is 15.3 Å². The molecule has 1 aliphatic heterocycles. The predicted octanol–water partition coefficient (Wildman–Crippen LogP) is 1.41. The summed E-state index contributed by atoms with van der Waals surface area (Å²) in [5.74, 6) is -1.54. The summed E-state index contributed by atoms with van der Waals surface area (Å²) in [6.45, 7) is 2.88. The largest absolute Gasteiger partial charge is 0.314 e. The fourth-order valence-electron chi connectivity index (χ4n) is 2.03. The number of benzene rings is 1. The van der Waals surface area contributed by atoms with Crippen molar-refractivity contribution >= 4 is 0 Å². The smallest absolute Gasteiger partial charge is 0.159 e. The molecule has 1 heterocycles. The molecule has 0 aromatic heterocycles. The number of likely N-dealkylation sites (N-methyl/N-ethyl adjacent to an activating group) is 1. The summed E-state index contributed by atoms with van der Waals surface area (Å²) in [5.41, 5.74) is 0.847. The molecule has 1 aliphatic rings. The van der Waals surface area contributed by atoms with E-state index < -0.39 is 11.6 Å². The number of hydrogen-bond donors (Lipinski definition) is 1. The van der Waals surface area contributed by atoms with Crippen LogP contribution < -0.4 is 5.32 Å². The fourth-order valence-corrected chi connectivity index (χ4v) is 2.03. The molecule has 0 saturated carbocycles. The van der Waals surface area contributed by atoms with Crippen LogP contribution in [0.15, 0.2) is 18.2 Å². The zero-order chi connectivity index (χ0) is 11.5. The van der Waals surface area contributed by atoms with Gasteiger partial charge in [0.2, 0.25) is 0 Å². The van der Waals surface area contributed by atoms with E-state index in [1.54, 1.807) is 6.07 Å². The first-order chi connectivity index (χ1) is 7.66. The maximum absolute atomic E-state index is 13.0. The van der Waals surface area contributed by atoms with Gasteiger partial charge in [0, 0.05) is 25.7 Å². The molecule has 1 aromatic carbocycles. The van der Waals surface area contributed by atoms with Crippen LogP contribution in [0.25, 0.3) is 0 Å². The van der Waals surface area contributed by atoms with Gasteiger partial charge >= 0.3 is 0 Å². The minimum atomic E-state index is -0.779. The van der Waals surface area contributed by atoms with Crippen molar-refractivity contribution < 1.29 is 8.78 Å². The van der Waals surface area contributed by atoms with Gasteiger partial charge in [-0.1, -0.05) is 6.07 Å². The average molecular weight is 226 g/mol. The zero-order valence-corrected chi connectivity index (χ0v) is 9.34. The predicted molar refractivity (Wildman–Crippen MR) is 59.3 cm³/mol. The lowest BCUT2D eigenvalue weighted by atomic mass is 10.0. The first kappa shape index (κ1) is 11.5. The Kier molecular flexibility index (Phi) is 3.51. The molecule has 0 aliphatic carbocycles. The van der Waals surface area contributed by atoms with E-state index in [2.05, 4.69) is 17.3 Å². The summed E-state index contributed by atoms with van der Waals surface area (Å²) in [6, 6.07) is 4.50. The van der Waals surface area contributed by atoms with E-state index >= 15 is 0 Å². The molecular weight excluding hydrogens is 210 g/mol. The van der Waals surface area contributed by atoms with Crippen LogP contribution in [-0.4, -0.2) is 37.6 Å². The standard InChI is InChI=1S/C12H16F2N2/c1-16-5-4-15-8-10(16)6-9-2-3-11(13)12(14)7-9/h2-3,7,10,15H,4-6,8H2,1H3. The van der Waals surface area contributed by atoms with Crippen LogP contribution in [-0.2, 0) is 6.42 Å². The molecule has 0 spiro atoms. The SMILES string of the molecule is CN1CCNCC1Cc1ccc(F)c(F)c1. The third kappa shape index (κ3) is 2.57. The quantitative estimate of drug-likeness (QED) is 0.820. The van der Waals surface area contributed by atoms with Gasteiger partial charge < -0.3 is 10.2 Å². The van der Waals surface area contributed by atoms with Gasteiger partial charge in [0.05, 0.1) is 0 Å². The molecule has 4 heteroatoms. The van der Waals surface area contributed by atoms with E-state index in [0.717, 1.165) is 31.6 Å². The lowest BCUT2D eigenvalue weighted by Gasteiger charge is -2.33. The lowest BCUT2D eigenvalue weighted by molar-refractivity contribution is 0.199. The molecule has 2 nitrogen and oxygen atoms in total. The molecule has 0 radical (unpaired) electrons. The van der Waals surface area contributed by atoms with Crippen molar-refractivity contribution in [1.82, 2.24) is 10.2 Å². The Morgan fingerprint density at radius 3 is 2.88 bits per heavy atom. The number of nitrogens with zero attached hydrogens (tertiary/aromatic N) is 1. The molecule has 1 fully saturated rings. The summed E-state index contributed by atoms with van der Waals surface area (Å²) in [5, 5.41) is 3.30. The molecular formula is C12H16F2N2. The van der Waals surface area contributed by atoms with Crippen LogP contribution in [0.1, 0.15) is 5.56 Å². The van der Waals surface area contributed by atoms with Gasteiger partial charge in [0.1, 0.15) is 0 Å². The van der Waals surface area contributed by atoms with Gasteiger partial charge in [-0.05, 0) is 31.2 Å². The van der Waals surface area contributed by atoms with Crippen molar-refractivity contribution in [2.24, 2.45) is 0 Å². The Morgan fingerprint density at radius 2 is 2.19 bits per heavy atom. The highest BCUT2D eigenvalue weighted by Gasteiger charge is 2.19. The van der Waals surface area contributed by atoms with Gasteiger partial charge in [-0.2, -0.15) is 0 Å². The van der Waals surface area contributed by atoms with E-state index in [9.17, 15) is 8.78 Å². The molecule has 1 aromatic rings. The van der Waals surface area contributed by atoms with E-state index in [-0.39, 0.29) is 0 Å². The van der Waals surface area contributed by atoms with Gasteiger partial charge in [0.15, 0.2) is 11.6 Å². The number of nitrogens with one attached hydrogen (secondary N) is 1. The van der Waals surface area contributed by atoms with Crippen LogP contribution in [0.5, 0.6) is 0 Å². The third-order valence-corrected chi connectivity index (χ3v) is 3.10. The van der Waals surface area contributed by atoms with Crippen molar-refractivity contribution in [3.8, 4) is 0 Å². The van der Waals surface area contributed by atoms with Crippen molar-refractivity contribution in [1.29, 1.82) is 0 Å². The number of rotatable bonds is 2. The normalized spacial score (nSPS) is 22.3. The first-order valence-electron chi connectivity index (χ1n) is 5.51. The number of piperazine rings is 1. The molecule has 1 atom stereocenters. The van der Waals surface area contributed by atoms with Gasteiger partial charge in [-0.3, -0.25) is 0 Å². The maximum atomic E-state index is 13.0. The van der Waals surface area contributed by atoms with Gasteiger partial charge in [-0.25, -0.2) is 8.78 Å². The highest BCUT2D eigenvalue weighted by Crippen LogP contribution is 2.13. The maximum Gasteiger partial charge on any atom is 0.159 e. The van der Waals surface area contributed by atoms with E-state index in [1.165, 1.54) is 12.1 Å². The number of halogens is 2. The summed E-state index contributed by atoms with van der Waals surface area (Å²) in [7, 11) is 2.06. The second-order valence-electron chi connectivity index (χ2n) is 4.29. The van der Waals surface area contributed by atoms with E-state index in [1.807, 2.05) is 0 Å². The Bertz CT molecular complexity index is 368. The third-order valence-electron chi connectivity index (χ3n) is 3.10. The lowest BCUT2D eigenvalue weighted by Crippen LogP contribution is -2.50. The van der Waals surface area contributed by atoms with Crippen LogP contribution in [0.4, 0.5) is 8.78 Å².